The van der Waals surface area contributed by atoms with Crippen molar-refractivity contribution in [1.82, 2.24) is 0 Å². The standard InChI is InChI=1S/C32H19F11O4/c1-2-14-5-15-3-4-16(7-17(15)6-14)30(44)45-19-10-21(33)27(22(34)11-19)18-8-23(35)28(24(36)9-18)31(39,40)46-20-12-25(37)29(26(38)13-20)47-32(41,42)43/h3-4,7-14H,2,5-6H2,1H3. The Morgan fingerprint density at radius 2 is 1.26 bits per heavy atom. The minimum absolute atomic E-state index is 0.110. The van der Waals surface area contributed by atoms with E-state index in [4.69, 9.17) is 4.74 Å². The van der Waals surface area contributed by atoms with Gasteiger partial charge in [-0.15, -0.1) is 13.2 Å². The summed E-state index contributed by atoms with van der Waals surface area (Å²) in [6.45, 7) is 2.04. The van der Waals surface area contributed by atoms with Crippen LogP contribution in [0.25, 0.3) is 11.1 Å². The minimum Gasteiger partial charge on any atom is -0.429 e. The first-order valence-corrected chi connectivity index (χ1v) is 13.6. The molecule has 0 spiro atoms. The molecule has 0 saturated heterocycles. The zero-order chi connectivity index (χ0) is 34.4. The third-order valence-electron chi connectivity index (χ3n) is 7.32. The molecular formula is C32H19F11O4. The van der Waals surface area contributed by atoms with E-state index < -0.39 is 87.3 Å². The number of carbonyl (C=O) groups excluding carboxylic acids is 1. The molecule has 0 radical (unpaired) electrons. The second-order valence-electron chi connectivity index (χ2n) is 10.5. The fourth-order valence-electron chi connectivity index (χ4n) is 5.18. The first kappa shape index (κ1) is 33.5. The van der Waals surface area contributed by atoms with E-state index in [1.54, 1.807) is 12.1 Å². The molecule has 0 heterocycles. The molecular weight excluding hydrogens is 657 g/mol. The lowest BCUT2D eigenvalue weighted by Crippen LogP contribution is -2.25. The highest BCUT2D eigenvalue weighted by Gasteiger charge is 2.42. The summed E-state index contributed by atoms with van der Waals surface area (Å²) in [6, 6.07) is 5.84. The minimum atomic E-state index is -5.55. The van der Waals surface area contributed by atoms with Crippen LogP contribution in [0.15, 0.2) is 54.6 Å². The highest BCUT2D eigenvalue weighted by molar-refractivity contribution is 5.91. The van der Waals surface area contributed by atoms with E-state index in [1.807, 2.05) is 6.92 Å². The number of hydrogen-bond donors (Lipinski definition) is 0. The third kappa shape index (κ3) is 7.13. The van der Waals surface area contributed by atoms with Crippen molar-refractivity contribution in [1.29, 1.82) is 0 Å². The predicted octanol–water partition coefficient (Wildman–Crippen LogP) is 9.56. The molecule has 1 aliphatic rings. The molecule has 5 rings (SSSR count). The van der Waals surface area contributed by atoms with Crippen molar-refractivity contribution in [2.24, 2.45) is 5.92 Å². The van der Waals surface area contributed by atoms with E-state index in [-0.39, 0.29) is 29.8 Å². The van der Waals surface area contributed by atoms with Crippen LogP contribution in [-0.2, 0) is 19.0 Å². The third-order valence-corrected chi connectivity index (χ3v) is 7.32. The van der Waals surface area contributed by atoms with Gasteiger partial charge in [-0.25, -0.2) is 31.1 Å². The summed E-state index contributed by atoms with van der Waals surface area (Å²) in [5, 5.41) is 0. The molecule has 0 bridgehead atoms. The lowest BCUT2D eigenvalue weighted by molar-refractivity contribution is -0.276. The van der Waals surface area contributed by atoms with Gasteiger partial charge in [-0.1, -0.05) is 19.4 Å². The summed E-state index contributed by atoms with van der Waals surface area (Å²) in [6.07, 6.45) is -8.06. The van der Waals surface area contributed by atoms with E-state index in [9.17, 15) is 44.3 Å². The Kier molecular flexibility index (Phi) is 8.86. The number of fused-ring (bicyclic) bond motifs is 1. The molecule has 47 heavy (non-hydrogen) atoms. The molecule has 4 aromatic carbocycles. The van der Waals surface area contributed by atoms with Crippen LogP contribution < -0.4 is 14.2 Å². The number of carbonyl (C=O) groups is 1. The Balaban J connectivity index is 1.37. The Hall–Kier alpha value is -4.82. The number of alkyl halides is 5. The van der Waals surface area contributed by atoms with Crippen molar-refractivity contribution in [3.63, 3.8) is 0 Å². The Morgan fingerprint density at radius 3 is 1.81 bits per heavy atom. The molecule has 1 aliphatic carbocycles. The van der Waals surface area contributed by atoms with Gasteiger partial charge in [-0.3, -0.25) is 0 Å². The van der Waals surface area contributed by atoms with Crippen LogP contribution in [-0.4, -0.2) is 12.3 Å². The molecule has 0 amide bonds. The molecule has 0 aromatic heterocycles. The predicted molar refractivity (Wildman–Crippen MR) is 142 cm³/mol. The van der Waals surface area contributed by atoms with Gasteiger partial charge >= 0.3 is 18.4 Å². The maximum absolute atomic E-state index is 15.0. The van der Waals surface area contributed by atoms with Gasteiger partial charge in [0.05, 0.1) is 11.1 Å². The van der Waals surface area contributed by atoms with Crippen molar-refractivity contribution in [3.05, 3.63) is 112 Å². The fourth-order valence-corrected chi connectivity index (χ4v) is 5.18. The van der Waals surface area contributed by atoms with Gasteiger partial charge in [0.1, 0.15) is 40.3 Å². The summed E-state index contributed by atoms with van der Waals surface area (Å²) in [5.41, 5.74) is -2.04. The topological polar surface area (TPSA) is 44.8 Å². The van der Waals surface area contributed by atoms with Crippen LogP contribution in [0.5, 0.6) is 17.2 Å². The number of hydrogen-bond acceptors (Lipinski definition) is 4. The van der Waals surface area contributed by atoms with Gasteiger partial charge in [-0.2, -0.15) is 8.78 Å². The first-order chi connectivity index (χ1) is 22.0. The van der Waals surface area contributed by atoms with Crippen LogP contribution >= 0.6 is 0 Å². The van der Waals surface area contributed by atoms with Crippen LogP contribution in [0.1, 0.15) is 40.4 Å². The van der Waals surface area contributed by atoms with E-state index in [0.29, 0.717) is 18.1 Å². The summed E-state index contributed by atoms with van der Waals surface area (Å²) < 4.78 is 166. The van der Waals surface area contributed by atoms with Crippen LogP contribution in [0, 0.1) is 40.8 Å². The van der Waals surface area contributed by atoms with Crippen molar-refractivity contribution in [2.75, 3.05) is 0 Å². The summed E-state index contributed by atoms with van der Waals surface area (Å²) in [4.78, 5) is 12.7. The molecule has 0 saturated carbocycles. The van der Waals surface area contributed by atoms with Crippen molar-refractivity contribution in [2.45, 2.75) is 38.7 Å². The number of halogens is 11. The summed E-state index contributed by atoms with van der Waals surface area (Å²) >= 11 is 0. The van der Waals surface area contributed by atoms with Crippen molar-refractivity contribution in [3.8, 4) is 28.4 Å². The average molecular weight is 676 g/mol. The average Bonchev–Trinajstić information content (AvgIpc) is 3.36. The van der Waals surface area contributed by atoms with Gasteiger partial charge in [0.25, 0.3) is 0 Å². The molecule has 1 unspecified atom stereocenters. The zero-order valence-corrected chi connectivity index (χ0v) is 23.7. The van der Waals surface area contributed by atoms with Crippen LogP contribution in [0.2, 0.25) is 0 Å². The number of rotatable bonds is 8. The monoisotopic (exact) mass is 676 g/mol. The Labute approximate surface area is 258 Å². The number of ether oxygens (including phenoxy) is 3. The molecule has 0 aliphatic heterocycles. The van der Waals surface area contributed by atoms with Crippen molar-refractivity contribution < 1.29 is 67.3 Å². The van der Waals surface area contributed by atoms with Crippen molar-refractivity contribution >= 4 is 5.97 Å². The molecule has 4 nitrogen and oxygen atoms in total. The second kappa shape index (κ2) is 12.4. The SMILES string of the molecule is CCC1Cc2ccc(C(=O)Oc3cc(F)c(-c4cc(F)c(C(F)(F)Oc5cc(F)c(OC(F)(F)F)c(F)c5)c(F)c4)c(F)c3)cc2C1. The second-order valence-corrected chi connectivity index (χ2v) is 10.5. The Bertz CT molecular complexity index is 1800. The lowest BCUT2D eigenvalue weighted by Gasteiger charge is -2.21. The van der Waals surface area contributed by atoms with Gasteiger partial charge < -0.3 is 14.2 Å². The van der Waals surface area contributed by atoms with Gasteiger partial charge in [0.15, 0.2) is 11.6 Å². The van der Waals surface area contributed by atoms with E-state index in [2.05, 4.69) is 9.47 Å². The largest absolute Gasteiger partial charge is 0.573 e. The molecule has 4 aromatic rings. The summed E-state index contributed by atoms with van der Waals surface area (Å²) in [7, 11) is 0. The maximum Gasteiger partial charge on any atom is 0.573 e. The normalized spacial score (nSPS) is 14.6. The van der Waals surface area contributed by atoms with Gasteiger partial charge in [-0.05, 0) is 59.7 Å². The molecule has 0 N–H and O–H groups in total. The number of esters is 1. The van der Waals surface area contributed by atoms with Crippen LogP contribution in [0.3, 0.4) is 0 Å². The van der Waals surface area contributed by atoms with Gasteiger partial charge in [0, 0.05) is 24.3 Å². The van der Waals surface area contributed by atoms with E-state index in [0.717, 1.165) is 30.4 Å². The zero-order valence-electron chi connectivity index (χ0n) is 23.7. The maximum atomic E-state index is 15.0. The highest BCUT2D eigenvalue weighted by atomic mass is 19.4. The van der Waals surface area contributed by atoms with Gasteiger partial charge in [0.2, 0.25) is 5.75 Å². The van der Waals surface area contributed by atoms with E-state index >= 15 is 8.78 Å². The van der Waals surface area contributed by atoms with E-state index in [1.165, 1.54) is 6.07 Å². The molecule has 1 atom stereocenters. The Morgan fingerprint density at radius 1 is 0.702 bits per heavy atom. The summed E-state index contributed by atoms with van der Waals surface area (Å²) in [5.74, 6) is -16.1. The highest BCUT2D eigenvalue weighted by Crippen LogP contribution is 2.40. The lowest BCUT2D eigenvalue weighted by atomic mass is 10.0. The molecule has 248 valence electrons. The quantitative estimate of drug-likeness (QED) is 0.106. The molecule has 15 heteroatoms. The van der Waals surface area contributed by atoms with Crippen LogP contribution in [0.4, 0.5) is 48.3 Å². The first-order valence-electron chi connectivity index (χ1n) is 13.6. The number of benzene rings is 4. The smallest absolute Gasteiger partial charge is 0.429 e. The fraction of sp³-hybridized carbons (Fsp3) is 0.219. The molecule has 0 fully saturated rings.